The fourth-order valence-corrected chi connectivity index (χ4v) is 3.64. The van der Waals surface area contributed by atoms with Crippen molar-refractivity contribution in [1.29, 1.82) is 0 Å². The van der Waals surface area contributed by atoms with Crippen molar-refractivity contribution in [2.45, 2.75) is 47.0 Å². The molecule has 0 spiro atoms. The molecule has 1 heterocycles. The first kappa shape index (κ1) is 21.5. The third kappa shape index (κ3) is 4.35. The summed E-state index contributed by atoms with van der Waals surface area (Å²) in [6, 6.07) is 6.50. The number of unbranched alkanes of at least 4 members (excludes halogenated alkanes) is 1. The van der Waals surface area contributed by atoms with Crippen molar-refractivity contribution in [3.63, 3.8) is 0 Å². The molecular formula is C23H30N4O3. The normalized spacial score (nSPS) is 11.2. The molecular weight excluding hydrogens is 380 g/mol. The number of fused-ring (bicyclic) bond motifs is 3. The molecule has 5 N–H and O–H groups in total. The fourth-order valence-electron chi connectivity index (χ4n) is 3.64. The minimum absolute atomic E-state index is 0.0242. The first-order valence-corrected chi connectivity index (χ1v) is 10.4. The van der Waals surface area contributed by atoms with Crippen LogP contribution in [0, 0.1) is 12.8 Å². The van der Waals surface area contributed by atoms with Gasteiger partial charge in [0.25, 0.3) is 0 Å². The Bertz CT molecular complexity index is 1090. The van der Waals surface area contributed by atoms with Crippen molar-refractivity contribution in [2.75, 3.05) is 11.9 Å². The highest BCUT2D eigenvalue weighted by molar-refractivity contribution is 6.19. The maximum absolute atomic E-state index is 12.5. The molecule has 3 rings (SSSR count). The molecule has 0 radical (unpaired) electrons. The first-order chi connectivity index (χ1) is 14.3. The molecule has 0 bridgehead atoms. The van der Waals surface area contributed by atoms with E-state index in [-0.39, 0.29) is 11.7 Å². The number of carbonyl (C=O) groups excluding carboxylic acids is 2. The Kier molecular flexibility index (Phi) is 6.50. The molecule has 30 heavy (non-hydrogen) atoms. The average Bonchev–Trinajstić information content (AvgIpc) is 3.09. The first-order valence-electron chi connectivity index (χ1n) is 10.4. The molecule has 4 amide bonds. The van der Waals surface area contributed by atoms with Crippen LogP contribution in [0.2, 0.25) is 0 Å². The third-order valence-electron chi connectivity index (χ3n) is 5.22. The lowest BCUT2D eigenvalue weighted by atomic mass is 9.96. The average molecular weight is 411 g/mol. The number of hydrogen-bond donors (Lipinski definition) is 5. The predicted molar refractivity (Wildman–Crippen MR) is 121 cm³/mol. The van der Waals surface area contributed by atoms with E-state index in [0.717, 1.165) is 52.2 Å². The zero-order valence-electron chi connectivity index (χ0n) is 18.0. The highest BCUT2D eigenvalue weighted by Crippen LogP contribution is 2.43. The van der Waals surface area contributed by atoms with Gasteiger partial charge in [-0.2, -0.15) is 0 Å². The van der Waals surface area contributed by atoms with E-state index in [1.807, 2.05) is 45.0 Å². The standard InChI is InChI=1S/C23H30N4O3/c1-5-6-9-15-14(4)21(28)20(26-23(30)27-22(29)24-12-13(2)3)18-16-10-7-8-11-17(16)25-19(15)18/h7-8,10-11,13,25,28H,5-6,9,12H2,1-4H3,(H3,24,26,27,29,30). The van der Waals surface area contributed by atoms with Crippen molar-refractivity contribution in [1.82, 2.24) is 15.6 Å². The van der Waals surface area contributed by atoms with Crippen molar-refractivity contribution in [3.8, 4) is 5.75 Å². The van der Waals surface area contributed by atoms with E-state index in [9.17, 15) is 14.7 Å². The Morgan fingerprint density at radius 2 is 1.90 bits per heavy atom. The second kappa shape index (κ2) is 9.07. The van der Waals surface area contributed by atoms with Crippen LogP contribution in [-0.4, -0.2) is 28.7 Å². The molecule has 0 aliphatic rings. The van der Waals surface area contributed by atoms with E-state index >= 15 is 0 Å². The number of H-pyrrole nitrogens is 1. The molecule has 160 valence electrons. The van der Waals surface area contributed by atoms with Gasteiger partial charge in [0, 0.05) is 22.8 Å². The number of imide groups is 1. The van der Waals surface area contributed by atoms with Crippen LogP contribution in [0.25, 0.3) is 21.8 Å². The van der Waals surface area contributed by atoms with Crippen LogP contribution in [0.3, 0.4) is 0 Å². The molecule has 0 saturated heterocycles. The van der Waals surface area contributed by atoms with E-state index < -0.39 is 12.1 Å². The third-order valence-corrected chi connectivity index (χ3v) is 5.22. The maximum Gasteiger partial charge on any atom is 0.327 e. The predicted octanol–water partition coefficient (Wildman–Crippen LogP) is 5.16. The fraction of sp³-hybridized carbons (Fsp3) is 0.391. The summed E-state index contributed by atoms with van der Waals surface area (Å²) in [6.07, 6.45) is 2.85. The largest absolute Gasteiger partial charge is 0.505 e. The topological polar surface area (TPSA) is 106 Å². The quantitative estimate of drug-likeness (QED) is 0.362. The van der Waals surface area contributed by atoms with Gasteiger partial charge < -0.3 is 20.7 Å². The van der Waals surface area contributed by atoms with Gasteiger partial charge >= 0.3 is 12.1 Å². The van der Waals surface area contributed by atoms with Gasteiger partial charge in [-0.05, 0) is 42.9 Å². The summed E-state index contributed by atoms with van der Waals surface area (Å²) in [6.45, 7) is 8.37. The molecule has 0 fully saturated rings. The lowest BCUT2D eigenvalue weighted by molar-refractivity contribution is 0.232. The van der Waals surface area contributed by atoms with E-state index in [0.29, 0.717) is 12.2 Å². The van der Waals surface area contributed by atoms with Gasteiger partial charge in [0.15, 0.2) is 0 Å². The highest BCUT2D eigenvalue weighted by atomic mass is 16.3. The van der Waals surface area contributed by atoms with Crippen LogP contribution in [0.5, 0.6) is 5.75 Å². The monoisotopic (exact) mass is 410 g/mol. The summed E-state index contributed by atoms with van der Waals surface area (Å²) in [5.74, 6) is 0.295. The Morgan fingerprint density at radius 3 is 2.60 bits per heavy atom. The molecule has 2 aromatic carbocycles. The summed E-state index contributed by atoms with van der Waals surface area (Å²) in [5.41, 5.74) is 3.89. The van der Waals surface area contributed by atoms with Crippen molar-refractivity contribution >= 4 is 39.6 Å². The zero-order chi connectivity index (χ0) is 21.8. The Balaban J connectivity index is 2.02. The van der Waals surface area contributed by atoms with Gasteiger partial charge in [0.1, 0.15) is 5.75 Å². The van der Waals surface area contributed by atoms with Crippen molar-refractivity contribution in [2.24, 2.45) is 5.92 Å². The van der Waals surface area contributed by atoms with Gasteiger partial charge in [-0.3, -0.25) is 5.32 Å². The number of amides is 4. The number of aromatic amines is 1. The molecule has 1 aromatic heterocycles. The molecule has 3 aromatic rings. The SMILES string of the molecule is CCCCc1c(C)c(O)c(NC(=O)NC(=O)NCC(C)C)c2c1[nH]c1ccccc12. The van der Waals surface area contributed by atoms with Gasteiger partial charge in [0.05, 0.1) is 11.2 Å². The summed E-state index contributed by atoms with van der Waals surface area (Å²) in [7, 11) is 0. The summed E-state index contributed by atoms with van der Waals surface area (Å²) < 4.78 is 0. The molecule has 7 heteroatoms. The molecule has 7 nitrogen and oxygen atoms in total. The van der Waals surface area contributed by atoms with Gasteiger partial charge in [-0.15, -0.1) is 0 Å². The minimum Gasteiger partial charge on any atom is -0.505 e. The van der Waals surface area contributed by atoms with Crippen molar-refractivity contribution in [3.05, 3.63) is 35.4 Å². The van der Waals surface area contributed by atoms with Crippen molar-refractivity contribution < 1.29 is 14.7 Å². The number of benzene rings is 2. The highest BCUT2D eigenvalue weighted by Gasteiger charge is 2.22. The van der Waals surface area contributed by atoms with Crippen LogP contribution in [0.15, 0.2) is 24.3 Å². The van der Waals surface area contributed by atoms with Gasteiger partial charge in [0.2, 0.25) is 0 Å². The van der Waals surface area contributed by atoms with E-state index in [2.05, 4.69) is 27.9 Å². The number of aromatic nitrogens is 1. The second-order valence-electron chi connectivity index (χ2n) is 8.03. The molecule has 0 saturated carbocycles. The summed E-state index contributed by atoms with van der Waals surface area (Å²) in [4.78, 5) is 27.9. The molecule has 0 atom stereocenters. The molecule has 0 aliphatic heterocycles. The molecule has 0 aliphatic carbocycles. The Morgan fingerprint density at radius 1 is 1.17 bits per heavy atom. The van der Waals surface area contributed by atoms with Crippen LogP contribution < -0.4 is 16.0 Å². The van der Waals surface area contributed by atoms with Crippen LogP contribution in [-0.2, 0) is 6.42 Å². The number of para-hydroxylation sites is 1. The van der Waals surface area contributed by atoms with E-state index in [1.54, 1.807) is 0 Å². The minimum atomic E-state index is -0.696. The lowest BCUT2D eigenvalue weighted by Crippen LogP contribution is -2.42. The number of aromatic hydroxyl groups is 1. The van der Waals surface area contributed by atoms with Crippen LogP contribution >= 0.6 is 0 Å². The maximum atomic E-state index is 12.5. The number of carbonyl (C=O) groups is 2. The molecule has 0 unspecified atom stereocenters. The summed E-state index contributed by atoms with van der Waals surface area (Å²) in [5, 5.41) is 20.2. The number of nitrogens with one attached hydrogen (secondary N) is 4. The number of urea groups is 2. The number of aryl methyl sites for hydroxylation is 1. The van der Waals surface area contributed by atoms with E-state index in [4.69, 9.17) is 0 Å². The number of rotatable bonds is 6. The number of phenols is 1. The zero-order valence-corrected chi connectivity index (χ0v) is 18.0. The number of phenolic OH excluding ortho intramolecular Hbond substituents is 1. The lowest BCUT2D eigenvalue weighted by Gasteiger charge is -2.16. The van der Waals surface area contributed by atoms with Crippen LogP contribution in [0.4, 0.5) is 15.3 Å². The van der Waals surface area contributed by atoms with Gasteiger partial charge in [-0.1, -0.05) is 45.4 Å². The smallest absolute Gasteiger partial charge is 0.327 e. The summed E-state index contributed by atoms with van der Waals surface area (Å²) >= 11 is 0. The van der Waals surface area contributed by atoms with E-state index in [1.165, 1.54) is 0 Å². The second-order valence-corrected chi connectivity index (χ2v) is 8.03. The Hall–Kier alpha value is -3.22. The van der Waals surface area contributed by atoms with Crippen LogP contribution in [0.1, 0.15) is 44.7 Å². The van der Waals surface area contributed by atoms with Gasteiger partial charge in [-0.25, -0.2) is 9.59 Å². The Labute approximate surface area is 176 Å². The number of anilines is 1. The number of hydrogen-bond acceptors (Lipinski definition) is 3.